The molecule has 4 nitrogen and oxygen atoms in total. The number of thiophene rings is 1. The third-order valence-electron chi connectivity index (χ3n) is 5.76. The van der Waals surface area contributed by atoms with Gasteiger partial charge in [-0.3, -0.25) is 9.69 Å². The van der Waals surface area contributed by atoms with Crippen molar-refractivity contribution < 1.29 is 9.18 Å². The van der Waals surface area contributed by atoms with Gasteiger partial charge in [-0.25, -0.2) is 4.39 Å². The summed E-state index contributed by atoms with van der Waals surface area (Å²) in [5.41, 5.74) is 1.37. The normalized spacial score (nSPS) is 15.1. The zero-order valence-electron chi connectivity index (χ0n) is 17.6. The van der Waals surface area contributed by atoms with Gasteiger partial charge in [-0.2, -0.15) is 0 Å². The van der Waals surface area contributed by atoms with Crippen LogP contribution < -0.4 is 4.90 Å². The van der Waals surface area contributed by atoms with Crippen molar-refractivity contribution in [3.05, 3.63) is 88.4 Å². The van der Waals surface area contributed by atoms with Crippen molar-refractivity contribution in [3.8, 4) is 0 Å². The summed E-state index contributed by atoms with van der Waals surface area (Å²) in [7, 11) is 0. The van der Waals surface area contributed by atoms with Crippen molar-refractivity contribution in [1.29, 1.82) is 0 Å². The van der Waals surface area contributed by atoms with E-state index in [-0.39, 0.29) is 11.7 Å². The molecule has 3 aromatic rings. The van der Waals surface area contributed by atoms with Gasteiger partial charge in [0.15, 0.2) is 0 Å². The molecule has 2 aromatic carbocycles. The summed E-state index contributed by atoms with van der Waals surface area (Å²) < 4.78 is 13.3. The number of carbonyl (C=O) groups is 1. The first kappa shape index (κ1) is 21.7. The summed E-state index contributed by atoms with van der Waals surface area (Å²) >= 11 is 1.83. The summed E-state index contributed by atoms with van der Waals surface area (Å²) in [6.45, 7) is 6.67. The molecule has 31 heavy (non-hydrogen) atoms. The highest BCUT2D eigenvalue weighted by Crippen LogP contribution is 2.18. The predicted octanol–water partition coefficient (Wildman–Crippen LogP) is 4.39. The lowest BCUT2D eigenvalue weighted by Crippen LogP contribution is -2.49. The van der Waals surface area contributed by atoms with E-state index < -0.39 is 0 Å². The first-order valence-corrected chi connectivity index (χ1v) is 11.7. The Morgan fingerprint density at radius 3 is 2.19 bits per heavy atom. The fraction of sp³-hybridized carbons (Fsp3) is 0.320. The molecule has 6 heteroatoms. The topological polar surface area (TPSA) is 26.8 Å². The van der Waals surface area contributed by atoms with E-state index in [1.165, 1.54) is 17.0 Å². The Morgan fingerprint density at radius 1 is 0.871 bits per heavy atom. The summed E-state index contributed by atoms with van der Waals surface area (Å²) in [6.07, 6.45) is 1.12. The van der Waals surface area contributed by atoms with Crippen LogP contribution in [0.3, 0.4) is 0 Å². The lowest BCUT2D eigenvalue weighted by Gasteiger charge is -2.35. The van der Waals surface area contributed by atoms with Crippen LogP contribution in [0.15, 0.2) is 72.1 Å². The van der Waals surface area contributed by atoms with E-state index in [4.69, 9.17) is 0 Å². The molecule has 0 radical (unpaired) electrons. The van der Waals surface area contributed by atoms with Crippen LogP contribution in [-0.2, 0) is 6.42 Å². The van der Waals surface area contributed by atoms with E-state index in [0.29, 0.717) is 12.1 Å². The van der Waals surface area contributed by atoms with Crippen LogP contribution in [0.4, 0.5) is 10.1 Å². The maximum Gasteiger partial charge on any atom is 0.258 e. The largest absolute Gasteiger partial charge is 0.307 e. The Kier molecular flexibility index (Phi) is 7.46. The van der Waals surface area contributed by atoms with Crippen molar-refractivity contribution in [1.82, 2.24) is 9.80 Å². The van der Waals surface area contributed by atoms with Gasteiger partial charge in [0.2, 0.25) is 0 Å². The minimum absolute atomic E-state index is 0.0965. The van der Waals surface area contributed by atoms with E-state index in [0.717, 1.165) is 51.4 Å². The van der Waals surface area contributed by atoms with Crippen molar-refractivity contribution in [2.45, 2.75) is 6.42 Å². The molecule has 0 atom stereocenters. The number of nitrogens with zero attached hydrogens (tertiary/aromatic N) is 3. The Labute approximate surface area is 187 Å². The van der Waals surface area contributed by atoms with Gasteiger partial charge in [-0.15, -0.1) is 11.3 Å². The highest BCUT2D eigenvalue weighted by atomic mass is 32.1. The standard InChI is InChI=1S/C25H28FN3OS/c26-22-10-8-21(9-11-22)25(30)29(23-5-2-1-3-6-23)19-18-28-16-14-27(15-17-28)13-12-24-7-4-20-31-24/h1-11,20H,12-19H2. The molecule has 0 N–H and O–H groups in total. The van der Waals surface area contributed by atoms with E-state index in [9.17, 15) is 9.18 Å². The van der Waals surface area contributed by atoms with Gasteiger partial charge in [-0.1, -0.05) is 24.3 Å². The Morgan fingerprint density at radius 2 is 1.55 bits per heavy atom. The molecule has 1 aliphatic rings. The summed E-state index contributed by atoms with van der Waals surface area (Å²) in [5.74, 6) is -0.430. The second-order valence-corrected chi connectivity index (χ2v) is 8.84. The average molecular weight is 438 g/mol. The number of rotatable bonds is 8. The molecule has 4 rings (SSSR count). The number of halogens is 1. The molecule has 0 bridgehead atoms. The SMILES string of the molecule is O=C(c1ccc(F)cc1)N(CCN1CCN(CCc2cccs2)CC1)c1ccccc1. The molecule has 1 aliphatic heterocycles. The lowest BCUT2D eigenvalue weighted by atomic mass is 10.1. The van der Waals surface area contributed by atoms with Gasteiger partial charge in [0.25, 0.3) is 5.91 Å². The monoisotopic (exact) mass is 437 g/mol. The average Bonchev–Trinajstić information content (AvgIpc) is 3.33. The number of hydrogen-bond donors (Lipinski definition) is 0. The number of piperazine rings is 1. The second kappa shape index (κ2) is 10.7. The van der Waals surface area contributed by atoms with Gasteiger partial charge in [-0.05, 0) is 54.3 Å². The highest BCUT2D eigenvalue weighted by Gasteiger charge is 2.21. The minimum Gasteiger partial charge on any atom is -0.307 e. The fourth-order valence-corrected chi connectivity index (χ4v) is 4.60. The molecule has 0 aliphatic carbocycles. The minimum atomic E-state index is -0.334. The highest BCUT2D eigenvalue weighted by molar-refractivity contribution is 7.09. The molecule has 1 saturated heterocycles. The number of carbonyl (C=O) groups excluding carboxylic acids is 1. The van der Waals surface area contributed by atoms with Gasteiger partial charge in [0.05, 0.1) is 0 Å². The molecule has 0 unspecified atom stereocenters. The van der Waals surface area contributed by atoms with Crippen LogP contribution in [0, 0.1) is 5.82 Å². The number of amides is 1. The van der Waals surface area contributed by atoms with E-state index in [1.807, 2.05) is 41.7 Å². The van der Waals surface area contributed by atoms with E-state index >= 15 is 0 Å². The molecular formula is C25H28FN3OS. The zero-order valence-corrected chi connectivity index (χ0v) is 18.4. The summed E-state index contributed by atoms with van der Waals surface area (Å²) in [6, 6.07) is 19.8. The quantitative estimate of drug-likeness (QED) is 0.523. The van der Waals surface area contributed by atoms with Crippen LogP contribution in [0.1, 0.15) is 15.2 Å². The van der Waals surface area contributed by atoms with Crippen LogP contribution in [-0.4, -0.2) is 61.5 Å². The number of anilines is 1. The number of benzene rings is 2. The van der Waals surface area contributed by atoms with Gasteiger partial charge >= 0.3 is 0 Å². The zero-order chi connectivity index (χ0) is 21.5. The van der Waals surface area contributed by atoms with E-state index in [1.54, 1.807) is 17.0 Å². The lowest BCUT2D eigenvalue weighted by molar-refractivity contribution is 0.0975. The van der Waals surface area contributed by atoms with Crippen LogP contribution >= 0.6 is 11.3 Å². The second-order valence-electron chi connectivity index (χ2n) is 7.81. The molecule has 0 spiro atoms. The van der Waals surface area contributed by atoms with Gasteiger partial charge < -0.3 is 9.80 Å². The molecule has 1 amide bonds. The molecule has 1 aromatic heterocycles. The van der Waals surface area contributed by atoms with Crippen molar-refractivity contribution in [2.75, 3.05) is 50.7 Å². The predicted molar refractivity (Wildman–Crippen MR) is 125 cm³/mol. The van der Waals surface area contributed by atoms with Crippen molar-refractivity contribution >= 4 is 22.9 Å². The van der Waals surface area contributed by atoms with Crippen LogP contribution in [0.25, 0.3) is 0 Å². The first-order chi connectivity index (χ1) is 15.2. The van der Waals surface area contributed by atoms with Crippen molar-refractivity contribution in [2.24, 2.45) is 0 Å². The van der Waals surface area contributed by atoms with Crippen molar-refractivity contribution in [3.63, 3.8) is 0 Å². The van der Waals surface area contributed by atoms with Gasteiger partial charge in [0, 0.05) is 61.9 Å². The maximum absolute atomic E-state index is 13.3. The molecule has 162 valence electrons. The van der Waals surface area contributed by atoms with Crippen LogP contribution in [0.2, 0.25) is 0 Å². The van der Waals surface area contributed by atoms with Crippen LogP contribution in [0.5, 0.6) is 0 Å². The third kappa shape index (κ3) is 6.00. The molecule has 0 saturated carbocycles. The summed E-state index contributed by atoms with van der Waals surface area (Å²) in [5, 5.41) is 2.14. The first-order valence-electron chi connectivity index (χ1n) is 10.8. The molecular weight excluding hydrogens is 409 g/mol. The van der Waals surface area contributed by atoms with E-state index in [2.05, 4.69) is 27.3 Å². The van der Waals surface area contributed by atoms with Gasteiger partial charge in [0.1, 0.15) is 5.82 Å². The smallest absolute Gasteiger partial charge is 0.258 e. The molecule has 2 heterocycles. The Hall–Kier alpha value is -2.54. The fourth-order valence-electron chi connectivity index (χ4n) is 3.91. The third-order valence-corrected chi connectivity index (χ3v) is 6.70. The Balaban J connectivity index is 1.32. The number of hydrogen-bond acceptors (Lipinski definition) is 4. The summed E-state index contributed by atoms with van der Waals surface area (Å²) in [4.78, 5) is 21.4. The maximum atomic E-state index is 13.3. The Bertz CT molecular complexity index is 939. The molecule has 1 fully saturated rings. The number of para-hydroxylation sites is 1.